The van der Waals surface area contributed by atoms with Crippen LogP contribution in [0.25, 0.3) is 0 Å². The number of hydrogen-bond donors (Lipinski definition) is 1. The first kappa shape index (κ1) is 15.2. The second kappa shape index (κ2) is 6.88. The molecule has 0 aliphatic heterocycles. The van der Waals surface area contributed by atoms with Gasteiger partial charge in [-0.3, -0.25) is 4.39 Å². The van der Waals surface area contributed by atoms with Crippen molar-refractivity contribution in [2.24, 2.45) is 0 Å². The molecule has 0 aromatic rings. The number of carbonyl (C=O) groups is 1. The second-order valence-electron chi connectivity index (χ2n) is 5.14. The number of halogens is 1. The average Bonchev–Trinajstić information content (AvgIpc) is 2.33. The zero-order valence-electron chi connectivity index (χ0n) is 11.1. The van der Waals surface area contributed by atoms with Crippen molar-refractivity contribution in [1.29, 1.82) is 0 Å². The lowest BCUT2D eigenvalue weighted by molar-refractivity contribution is -0.177. The van der Waals surface area contributed by atoms with Crippen LogP contribution in [0.3, 0.4) is 0 Å². The Morgan fingerprint density at radius 2 is 2.22 bits per heavy atom. The summed E-state index contributed by atoms with van der Waals surface area (Å²) in [6, 6.07) is 0. The number of unbranched alkanes of at least 4 members (excludes halogenated alkanes) is 1. The van der Waals surface area contributed by atoms with Crippen molar-refractivity contribution in [3.8, 4) is 0 Å². The third-order valence-electron chi connectivity index (χ3n) is 3.56. The molecule has 0 radical (unpaired) electrons. The summed E-state index contributed by atoms with van der Waals surface area (Å²) < 4.78 is 17.7. The normalized spacial score (nSPS) is 27.8. The molecular weight excluding hydrogens is 235 g/mol. The van der Waals surface area contributed by atoms with Crippen LogP contribution >= 0.6 is 0 Å². The lowest BCUT2D eigenvalue weighted by Gasteiger charge is -2.41. The average molecular weight is 258 g/mol. The monoisotopic (exact) mass is 258 g/mol. The molecule has 4 heteroatoms. The highest BCUT2D eigenvalue weighted by Gasteiger charge is 2.42. The molecule has 1 fully saturated rings. The molecule has 0 aromatic heterocycles. The van der Waals surface area contributed by atoms with Crippen molar-refractivity contribution >= 4 is 5.97 Å². The van der Waals surface area contributed by atoms with Crippen LogP contribution in [0.15, 0.2) is 12.2 Å². The summed E-state index contributed by atoms with van der Waals surface area (Å²) in [5.41, 5.74) is -0.499. The Labute approximate surface area is 108 Å². The first-order valence-corrected chi connectivity index (χ1v) is 6.65. The number of esters is 1. The van der Waals surface area contributed by atoms with Gasteiger partial charge in [0.05, 0.1) is 12.8 Å². The third kappa shape index (κ3) is 3.80. The minimum Gasteiger partial charge on any atom is -0.453 e. The van der Waals surface area contributed by atoms with Crippen LogP contribution in [0.2, 0.25) is 0 Å². The number of hydrogen-bond acceptors (Lipinski definition) is 3. The van der Waals surface area contributed by atoms with Crippen LogP contribution in [-0.4, -0.2) is 29.5 Å². The molecule has 3 nitrogen and oxygen atoms in total. The molecule has 1 saturated carbocycles. The molecule has 0 bridgehead atoms. The SMILES string of the molecule is C=C(C)C(=O)OC1(CCCCF)CCCCC1O. The number of aliphatic hydroxyl groups excluding tert-OH is 1. The summed E-state index contributed by atoms with van der Waals surface area (Å²) in [6.45, 7) is 4.77. The van der Waals surface area contributed by atoms with E-state index in [1.54, 1.807) is 6.92 Å². The van der Waals surface area contributed by atoms with Crippen LogP contribution in [0, 0.1) is 0 Å². The Balaban J connectivity index is 2.72. The van der Waals surface area contributed by atoms with E-state index in [4.69, 9.17) is 4.74 Å². The van der Waals surface area contributed by atoms with E-state index in [0.29, 0.717) is 37.7 Å². The van der Waals surface area contributed by atoms with Crippen molar-refractivity contribution in [3.63, 3.8) is 0 Å². The Bertz CT molecular complexity index is 303. The lowest BCUT2D eigenvalue weighted by Crippen LogP contribution is -2.48. The zero-order chi connectivity index (χ0) is 13.6. The molecule has 1 aliphatic rings. The standard InChI is InChI=1S/C14H23FO3/c1-11(2)13(17)18-14(9-5-6-10-15)8-4-3-7-12(14)16/h12,16H,1,3-10H2,2H3. The van der Waals surface area contributed by atoms with Gasteiger partial charge in [-0.15, -0.1) is 0 Å². The number of alkyl halides is 1. The van der Waals surface area contributed by atoms with Crippen molar-refractivity contribution in [3.05, 3.63) is 12.2 Å². The predicted octanol–water partition coefficient (Wildman–Crippen LogP) is 2.92. The third-order valence-corrected chi connectivity index (χ3v) is 3.56. The minimum atomic E-state index is -0.830. The van der Waals surface area contributed by atoms with Crippen molar-refractivity contribution in [2.45, 2.75) is 63.6 Å². The molecular formula is C14H23FO3. The number of carbonyl (C=O) groups excluding carboxylic acids is 1. The molecule has 1 N–H and O–H groups in total. The highest BCUT2D eigenvalue weighted by atomic mass is 19.1. The molecule has 0 saturated heterocycles. The maximum Gasteiger partial charge on any atom is 0.333 e. The van der Waals surface area contributed by atoms with E-state index in [0.717, 1.165) is 12.8 Å². The van der Waals surface area contributed by atoms with Gasteiger partial charge in [0.25, 0.3) is 0 Å². The molecule has 2 atom stereocenters. The Hall–Kier alpha value is -0.900. The van der Waals surface area contributed by atoms with Crippen LogP contribution < -0.4 is 0 Å². The number of aliphatic hydroxyl groups is 1. The van der Waals surface area contributed by atoms with E-state index in [2.05, 4.69) is 6.58 Å². The van der Waals surface area contributed by atoms with Crippen molar-refractivity contribution in [1.82, 2.24) is 0 Å². The number of rotatable bonds is 6. The zero-order valence-corrected chi connectivity index (χ0v) is 11.1. The van der Waals surface area contributed by atoms with Crippen LogP contribution in [-0.2, 0) is 9.53 Å². The first-order valence-electron chi connectivity index (χ1n) is 6.65. The largest absolute Gasteiger partial charge is 0.453 e. The molecule has 0 heterocycles. The highest BCUT2D eigenvalue weighted by molar-refractivity contribution is 5.87. The lowest BCUT2D eigenvalue weighted by atomic mass is 9.78. The fourth-order valence-electron chi connectivity index (χ4n) is 2.44. The van der Waals surface area contributed by atoms with E-state index in [1.807, 2.05) is 0 Å². The Morgan fingerprint density at radius 1 is 1.50 bits per heavy atom. The van der Waals surface area contributed by atoms with Crippen molar-refractivity contribution < 1.29 is 19.0 Å². The van der Waals surface area contributed by atoms with Gasteiger partial charge in [0.15, 0.2) is 0 Å². The van der Waals surface area contributed by atoms with E-state index in [1.165, 1.54) is 0 Å². The van der Waals surface area contributed by atoms with Gasteiger partial charge in [0.2, 0.25) is 0 Å². The highest BCUT2D eigenvalue weighted by Crippen LogP contribution is 2.36. The summed E-state index contributed by atoms with van der Waals surface area (Å²) in [6.07, 6.45) is 4.10. The van der Waals surface area contributed by atoms with Crippen LogP contribution in [0.4, 0.5) is 4.39 Å². The molecule has 0 aromatic carbocycles. The molecule has 1 rings (SSSR count). The van der Waals surface area contributed by atoms with Crippen LogP contribution in [0.1, 0.15) is 51.9 Å². The maximum absolute atomic E-state index is 12.2. The van der Waals surface area contributed by atoms with Gasteiger partial charge in [0, 0.05) is 5.57 Å². The fraction of sp³-hybridized carbons (Fsp3) is 0.786. The van der Waals surface area contributed by atoms with Gasteiger partial charge in [-0.1, -0.05) is 13.0 Å². The summed E-state index contributed by atoms with van der Waals surface area (Å²) in [7, 11) is 0. The topological polar surface area (TPSA) is 46.5 Å². The molecule has 0 amide bonds. The molecule has 1 aliphatic carbocycles. The smallest absolute Gasteiger partial charge is 0.333 e. The summed E-state index contributed by atoms with van der Waals surface area (Å²) in [5.74, 6) is -0.462. The van der Waals surface area contributed by atoms with Crippen molar-refractivity contribution in [2.75, 3.05) is 6.67 Å². The maximum atomic E-state index is 12.2. The van der Waals surface area contributed by atoms with E-state index in [-0.39, 0.29) is 6.67 Å². The van der Waals surface area contributed by atoms with Crippen LogP contribution in [0.5, 0.6) is 0 Å². The molecule has 2 unspecified atom stereocenters. The molecule has 0 spiro atoms. The fourth-order valence-corrected chi connectivity index (χ4v) is 2.44. The van der Waals surface area contributed by atoms with E-state index >= 15 is 0 Å². The Kier molecular flexibility index (Phi) is 5.79. The molecule has 104 valence electrons. The first-order chi connectivity index (χ1) is 8.52. The van der Waals surface area contributed by atoms with Gasteiger partial charge in [-0.05, 0) is 45.4 Å². The van der Waals surface area contributed by atoms with E-state index < -0.39 is 17.7 Å². The molecule has 18 heavy (non-hydrogen) atoms. The predicted molar refractivity (Wildman–Crippen MR) is 67.9 cm³/mol. The van der Waals surface area contributed by atoms with Gasteiger partial charge in [0.1, 0.15) is 5.60 Å². The van der Waals surface area contributed by atoms with Gasteiger partial charge >= 0.3 is 5.97 Å². The summed E-state index contributed by atoms with van der Waals surface area (Å²) in [4.78, 5) is 11.7. The van der Waals surface area contributed by atoms with Gasteiger partial charge < -0.3 is 9.84 Å². The minimum absolute atomic E-state index is 0.331. The van der Waals surface area contributed by atoms with Gasteiger partial charge in [-0.2, -0.15) is 0 Å². The summed E-state index contributed by atoms with van der Waals surface area (Å²) in [5, 5.41) is 10.1. The summed E-state index contributed by atoms with van der Waals surface area (Å²) >= 11 is 0. The van der Waals surface area contributed by atoms with Gasteiger partial charge in [-0.25, -0.2) is 4.79 Å². The van der Waals surface area contributed by atoms with E-state index in [9.17, 15) is 14.3 Å². The quantitative estimate of drug-likeness (QED) is 0.452. The number of ether oxygens (including phenoxy) is 1. The Morgan fingerprint density at radius 3 is 2.78 bits per heavy atom. The second-order valence-corrected chi connectivity index (χ2v) is 5.14.